The number of carbonyl (C=O) groups excluding carboxylic acids is 2. The number of carbonyl (C=O) groups is 2. The van der Waals surface area contributed by atoms with E-state index in [2.05, 4.69) is 0 Å². The summed E-state index contributed by atoms with van der Waals surface area (Å²) in [4.78, 5) is 26.1. The summed E-state index contributed by atoms with van der Waals surface area (Å²) in [5.74, 6) is -0.863. The second-order valence-electron chi connectivity index (χ2n) is 5.94. The molecule has 2 aromatic carbocycles. The quantitative estimate of drug-likeness (QED) is 0.794. The van der Waals surface area contributed by atoms with E-state index in [-0.39, 0.29) is 24.9 Å². The van der Waals surface area contributed by atoms with Crippen molar-refractivity contribution in [3.05, 3.63) is 64.7 Å². The number of benzene rings is 2. The van der Waals surface area contributed by atoms with Gasteiger partial charge in [-0.05, 0) is 25.1 Å². The predicted octanol–water partition coefficient (Wildman–Crippen LogP) is 3.74. The van der Waals surface area contributed by atoms with Gasteiger partial charge < -0.3 is 9.64 Å². The van der Waals surface area contributed by atoms with E-state index in [9.17, 15) is 9.59 Å². The third-order valence-electron chi connectivity index (χ3n) is 4.13. The third-order valence-corrected chi connectivity index (χ3v) is 4.50. The maximum atomic E-state index is 12.3. The van der Waals surface area contributed by atoms with E-state index >= 15 is 0 Å². The fraction of sp³-hybridized carbons (Fsp3) is 0.263. The van der Waals surface area contributed by atoms with E-state index in [0.29, 0.717) is 11.6 Å². The summed E-state index contributed by atoms with van der Waals surface area (Å²) in [6.45, 7) is 2.46. The van der Waals surface area contributed by atoms with E-state index in [1.807, 2.05) is 49.4 Å². The normalized spacial score (nSPS) is 17.2. The summed E-state index contributed by atoms with van der Waals surface area (Å²) >= 11 is 6.05. The van der Waals surface area contributed by atoms with Gasteiger partial charge in [0.25, 0.3) is 0 Å². The highest BCUT2D eigenvalue weighted by atomic mass is 35.5. The molecular formula is C19H18ClNO3. The molecule has 24 heavy (non-hydrogen) atoms. The number of anilines is 1. The van der Waals surface area contributed by atoms with E-state index in [4.69, 9.17) is 16.3 Å². The Bertz CT molecular complexity index is 757. The van der Waals surface area contributed by atoms with E-state index in [1.54, 1.807) is 11.0 Å². The Labute approximate surface area is 146 Å². The van der Waals surface area contributed by atoms with Crippen molar-refractivity contribution in [2.75, 3.05) is 11.4 Å². The molecule has 1 aliphatic heterocycles. The summed E-state index contributed by atoms with van der Waals surface area (Å²) in [7, 11) is 0. The van der Waals surface area contributed by atoms with Crippen molar-refractivity contribution in [2.24, 2.45) is 5.92 Å². The van der Waals surface area contributed by atoms with Crippen LogP contribution in [0.2, 0.25) is 5.02 Å². The fourth-order valence-corrected chi connectivity index (χ4v) is 2.91. The van der Waals surface area contributed by atoms with Crippen LogP contribution < -0.4 is 4.90 Å². The molecule has 1 fully saturated rings. The van der Waals surface area contributed by atoms with E-state index < -0.39 is 5.92 Å². The molecule has 2 aromatic rings. The molecule has 0 bridgehead atoms. The number of ether oxygens (including phenoxy) is 1. The molecule has 5 heteroatoms. The fourth-order valence-electron chi connectivity index (χ4n) is 2.72. The van der Waals surface area contributed by atoms with Gasteiger partial charge in [-0.25, -0.2) is 0 Å². The van der Waals surface area contributed by atoms with Gasteiger partial charge in [-0.15, -0.1) is 0 Å². The van der Waals surface area contributed by atoms with Crippen molar-refractivity contribution in [3.8, 4) is 0 Å². The molecule has 1 atom stereocenters. The minimum absolute atomic E-state index is 0.0569. The van der Waals surface area contributed by atoms with Crippen LogP contribution in [0.25, 0.3) is 0 Å². The van der Waals surface area contributed by atoms with Crippen molar-refractivity contribution in [3.63, 3.8) is 0 Å². The largest absolute Gasteiger partial charge is 0.460 e. The molecule has 124 valence electrons. The zero-order valence-corrected chi connectivity index (χ0v) is 14.1. The molecule has 0 unspecified atom stereocenters. The van der Waals surface area contributed by atoms with Gasteiger partial charge >= 0.3 is 5.97 Å². The molecule has 1 aliphatic rings. The minimum atomic E-state index is -0.443. The first-order valence-electron chi connectivity index (χ1n) is 7.81. The average molecular weight is 344 g/mol. The van der Waals surface area contributed by atoms with Gasteiger partial charge in [0.2, 0.25) is 5.91 Å². The van der Waals surface area contributed by atoms with Gasteiger partial charge in [-0.1, -0.05) is 47.5 Å². The number of hydrogen-bond acceptors (Lipinski definition) is 3. The second kappa shape index (κ2) is 7.05. The van der Waals surface area contributed by atoms with Crippen LogP contribution in [0, 0.1) is 12.8 Å². The molecular weight excluding hydrogens is 326 g/mol. The topological polar surface area (TPSA) is 46.6 Å². The second-order valence-corrected chi connectivity index (χ2v) is 6.35. The van der Waals surface area contributed by atoms with Crippen LogP contribution in [0.3, 0.4) is 0 Å². The van der Waals surface area contributed by atoms with E-state index in [1.165, 1.54) is 0 Å². The number of nitrogens with zero attached hydrogens (tertiary/aromatic N) is 1. The van der Waals surface area contributed by atoms with Crippen LogP contribution in [-0.2, 0) is 20.9 Å². The SMILES string of the molecule is Cc1ccc(N2C[C@@H](C(=O)OCc3ccccc3Cl)CC2=O)cc1. The van der Waals surface area contributed by atoms with Crippen molar-refractivity contribution in [1.82, 2.24) is 0 Å². The molecule has 1 amide bonds. The standard InChI is InChI=1S/C19H18ClNO3/c1-13-6-8-16(9-7-13)21-11-15(10-18(21)22)19(23)24-12-14-4-2-3-5-17(14)20/h2-9,15H,10-12H2,1H3/t15-/m0/s1. The van der Waals surface area contributed by atoms with Crippen molar-refractivity contribution >= 4 is 29.2 Å². The lowest BCUT2D eigenvalue weighted by Crippen LogP contribution is -2.26. The number of aryl methyl sites for hydroxylation is 1. The van der Waals surface area contributed by atoms with Gasteiger partial charge in [0.15, 0.2) is 0 Å². The first-order valence-corrected chi connectivity index (χ1v) is 8.19. The molecule has 0 aromatic heterocycles. The average Bonchev–Trinajstić information content (AvgIpc) is 2.96. The molecule has 0 radical (unpaired) electrons. The Morgan fingerprint density at radius 3 is 2.62 bits per heavy atom. The zero-order chi connectivity index (χ0) is 17.1. The van der Waals surface area contributed by atoms with Crippen LogP contribution in [0.5, 0.6) is 0 Å². The van der Waals surface area contributed by atoms with Gasteiger partial charge in [0, 0.05) is 29.2 Å². The summed E-state index contributed by atoms with van der Waals surface area (Å²) < 4.78 is 5.34. The molecule has 3 rings (SSSR count). The van der Waals surface area contributed by atoms with Crippen molar-refractivity contribution < 1.29 is 14.3 Å². The lowest BCUT2D eigenvalue weighted by molar-refractivity contribution is -0.149. The highest BCUT2D eigenvalue weighted by molar-refractivity contribution is 6.31. The van der Waals surface area contributed by atoms with Crippen LogP contribution in [0.4, 0.5) is 5.69 Å². The van der Waals surface area contributed by atoms with Crippen LogP contribution in [-0.4, -0.2) is 18.4 Å². The van der Waals surface area contributed by atoms with Crippen LogP contribution in [0.15, 0.2) is 48.5 Å². The monoisotopic (exact) mass is 343 g/mol. The van der Waals surface area contributed by atoms with E-state index in [0.717, 1.165) is 16.8 Å². The van der Waals surface area contributed by atoms with Crippen LogP contribution >= 0.6 is 11.6 Å². The summed E-state index contributed by atoms with van der Waals surface area (Å²) in [5.41, 5.74) is 2.69. The van der Waals surface area contributed by atoms with Crippen molar-refractivity contribution in [2.45, 2.75) is 20.0 Å². The summed E-state index contributed by atoms with van der Waals surface area (Å²) in [6.07, 6.45) is 0.176. The Kier molecular flexibility index (Phi) is 4.86. The molecule has 1 saturated heterocycles. The lowest BCUT2D eigenvalue weighted by atomic mass is 10.1. The van der Waals surface area contributed by atoms with Gasteiger partial charge in [-0.2, -0.15) is 0 Å². The third kappa shape index (κ3) is 3.60. The molecule has 0 saturated carbocycles. The molecule has 0 spiro atoms. The number of esters is 1. The number of halogens is 1. The first kappa shape index (κ1) is 16.5. The van der Waals surface area contributed by atoms with Crippen LogP contribution in [0.1, 0.15) is 17.5 Å². The summed E-state index contributed by atoms with van der Waals surface area (Å²) in [5, 5.41) is 0.564. The Hall–Kier alpha value is -2.33. The predicted molar refractivity (Wildman–Crippen MR) is 92.9 cm³/mol. The Morgan fingerprint density at radius 2 is 1.92 bits per heavy atom. The highest BCUT2D eigenvalue weighted by Crippen LogP contribution is 2.26. The Morgan fingerprint density at radius 1 is 1.21 bits per heavy atom. The molecule has 1 heterocycles. The molecule has 4 nitrogen and oxygen atoms in total. The molecule has 0 aliphatic carbocycles. The minimum Gasteiger partial charge on any atom is -0.460 e. The number of hydrogen-bond donors (Lipinski definition) is 0. The van der Waals surface area contributed by atoms with Gasteiger partial charge in [-0.3, -0.25) is 9.59 Å². The van der Waals surface area contributed by atoms with Gasteiger partial charge in [0.05, 0.1) is 5.92 Å². The maximum absolute atomic E-state index is 12.3. The maximum Gasteiger partial charge on any atom is 0.311 e. The number of rotatable bonds is 4. The lowest BCUT2D eigenvalue weighted by Gasteiger charge is -2.16. The van der Waals surface area contributed by atoms with Crippen molar-refractivity contribution in [1.29, 1.82) is 0 Å². The number of amides is 1. The zero-order valence-electron chi connectivity index (χ0n) is 13.4. The molecule has 0 N–H and O–H groups in total. The smallest absolute Gasteiger partial charge is 0.311 e. The highest BCUT2D eigenvalue weighted by Gasteiger charge is 2.36. The van der Waals surface area contributed by atoms with Gasteiger partial charge in [0.1, 0.15) is 6.61 Å². The first-order chi connectivity index (χ1) is 11.5. The summed E-state index contributed by atoms with van der Waals surface area (Å²) in [6, 6.07) is 14.9. The Balaban J connectivity index is 1.62.